The summed E-state index contributed by atoms with van der Waals surface area (Å²) in [4.78, 5) is 10.8. The van der Waals surface area contributed by atoms with Crippen LogP contribution in [0.1, 0.15) is 19.8 Å². The van der Waals surface area contributed by atoms with E-state index in [-0.39, 0.29) is 11.4 Å². The first-order valence-electron chi connectivity index (χ1n) is 4.59. The SMILES string of the molecule is C=CC(=O)OCC1(CC)CCOC1. The molecule has 74 valence electrons. The van der Waals surface area contributed by atoms with Crippen LogP contribution in [0.3, 0.4) is 0 Å². The summed E-state index contributed by atoms with van der Waals surface area (Å²) in [6.07, 6.45) is 3.16. The van der Waals surface area contributed by atoms with Crippen molar-refractivity contribution in [2.45, 2.75) is 19.8 Å². The standard InChI is InChI=1S/C10H16O3/c1-3-9(11)13-8-10(4-2)5-6-12-7-10/h3H,1,4-8H2,2H3. The van der Waals surface area contributed by atoms with Crippen molar-refractivity contribution in [1.82, 2.24) is 0 Å². The Bertz CT molecular complexity index is 192. The minimum absolute atomic E-state index is 0.0542. The zero-order chi connectivity index (χ0) is 9.73. The lowest BCUT2D eigenvalue weighted by Crippen LogP contribution is -2.27. The first-order chi connectivity index (χ1) is 6.22. The summed E-state index contributed by atoms with van der Waals surface area (Å²) in [5, 5.41) is 0. The van der Waals surface area contributed by atoms with Gasteiger partial charge in [0, 0.05) is 18.1 Å². The van der Waals surface area contributed by atoms with Crippen LogP contribution >= 0.6 is 0 Å². The maximum atomic E-state index is 10.8. The highest BCUT2D eigenvalue weighted by Crippen LogP contribution is 2.32. The van der Waals surface area contributed by atoms with Crippen LogP contribution in [-0.2, 0) is 14.3 Å². The van der Waals surface area contributed by atoms with Gasteiger partial charge in [0.1, 0.15) is 0 Å². The molecule has 0 N–H and O–H groups in total. The zero-order valence-corrected chi connectivity index (χ0v) is 8.04. The monoisotopic (exact) mass is 184 g/mol. The van der Waals surface area contributed by atoms with E-state index in [0.29, 0.717) is 13.2 Å². The Labute approximate surface area is 78.7 Å². The van der Waals surface area contributed by atoms with E-state index in [4.69, 9.17) is 9.47 Å². The molecule has 1 rings (SSSR count). The molecule has 0 spiro atoms. The fourth-order valence-electron chi connectivity index (χ4n) is 1.43. The average Bonchev–Trinajstić information content (AvgIpc) is 2.63. The topological polar surface area (TPSA) is 35.5 Å². The fourth-order valence-corrected chi connectivity index (χ4v) is 1.43. The lowest BCUT2D eigenvalue weighted by atomic mass is 9.85. The van der Waals surface area contributed by atoms with Crippen LogP contribution in [0.2, 0.25) is 0 Å². The number of hydrogen-bond donors (Lipinski definition) is 0. The van der Waals surface area contributed by atoms with Crippen LogP contribution in [0, 0.1) is 5.41 Å². The van der Waals surface area contributed by atoms with Crippen molar-refractivity contribution >= 4 is 5.97 Å². The minimum atomic E-state index is -0.347. The molecule has 1 saturated heterocycles. The van der Waals surface area contributed by atoms with Crippen molar-refractivity contribution in [3.8, 4) is 0 Å². The molecule has 3 heteroatoms. The van der Waals surface area contributed by atoms with Crippen molar-refractivity contribution in [2.24, 2.45) is 5.41 Å². The Morgan fingerprint density at radius 3 is 3.00 bits per heavy atom. The maximum absolute atomic E-state index is 10.8. The highest BCUT2D eigenvalue weighted by atomic mass is 16.5. The van der Waals surface area contributed by atoms with Crippen molar-refractivity contribution < 1.29 is 14.3 Å². The third-order valence-corrected chi connectivity index (χ3v) is 2.62. The molecule has 1 aliphatic heterocycles. The van der Waals surface area contributed by atoms with E-state index in [1.54, 1.807) is 0 Å². The van der Waals surface area contributed by atoms with Crippen molar-refractivity contribution in [2.75, 3.05) is 19.8 Å². The van der Waals surface area contributed by atoms with Gasteiger partial charge < -0.3 is 9.47 Å². The molecule has 1 aliphatic rings. The quantitative estimate of drug-likeness (QED) is 0.491. The summed E-state index contributed by atoms with van der Waals surface area (Å²) in [5.74, 6) is -0.347. The van der Waals surface area contributed by atoms with E-state index in [1.165, 1.54) is 6.08 Å². The third kappa shape index (κ3) is 2.56. The fraction of sp³-hybridized carbons (Fsp3) is 0.700. The van der Waals surface area contributed by atoms with E-state index < -0.39 is 0 Å². The molecule has 1 atom stereocenters. The van der Waals surface area contributed by atoms with Gasteiger partial charge in [0.05, 0.1) is 13.2 Å². The molecule has 0 bridgehead atoms. The number of hydrogen-bond acceptors (Lipinski definition) is 3. The van der Waals surface area contributed by atoms with Gasteiger partial charge in [0.15, 0.2) is 0 Å². The van der Waals surface area contributed by atoms with E-state index in [2.05, 4.69) is 13.5 Å². The van der Waals surface area contributed by atoms with Crippen LogP contribution in [0.4, 0.5) is 0 Å². The van der Waals surface area contributed by atoms with E-state index in [1.807, 2.05) is 0 Å². The molecule has 0 aliphatic carbocycles. The lowest BCUT2D eigenvalue weighted by Gasteiger charge is -2.24. The maximum Gasteiger partial charge on any atom is 0.330 e. The van der Waals surface area contributed by atoms with Gasteiger partial charge >= 0.3 is 5.97 Å². The average molecular weight is 184 g/mol. The molecule has 0 radical (unpaired) electrons. The summed E-state index contributed by atoms with van der Waals surface area (Å²) >= 11 is 0. The second kappa shape index (κ2) is 4.42. The van der Waals surface area contributed by atoms with Gasteiger partial charge in [0.2, 0.25) is 0 Å². The van der Waals surface area contributed by atoms with Gasteiger partial charge in [0.25, 0.3) is 0 Å². The number of carbonyl (C=O) groups is 1. The summed E-state index contributed by atoms with van der Waals surface area (Å²) in [6, 6.07) is 0. The van der Waals surface area contributed by atoms with Crippen LogP contribution < -0.4 is 0 Å². The van der Waals surface area contributed by atoms with Crippen LogP contribution in [0.15, 0.2) is 12.7 Å². The van der Waals surface area contributed by atoms with Crippen LogP contribution in [0.5, 0.6) is 0 Å². The van der Waals surface area contributed by atoms with E-state index >= 15 is 0 Å². The molecule has 0 amide bonds. The second-order valence-corrected chi connectivity index (χ2v) is 3.47. The minimum Gasteiger partial charge on any atom is -0.462 e. The van der Waals surface area contributed by atoms with Crippen LogP contribution in [-0.4, -0.2) is 25.8 Å². The normalized spacial score (nSPS) is 27.2. The number of rotatable bonds is 4. The second-order valence-electron chi connectivity index (χ2n) is 3.47. The summed E-state index contributed by atoms with van der Waals surface area (Å²) < 4.78 is 10.3. The summed E-state index contributed by atoms with van der Waals surface area (Å²) in [7, 11) is 0. The first-order valence-corrected chi connectivity index (χ1v) is 4.59. The first kappa shape index (κ1) is 10.3. The molecule has 13 heavy (non-hydrogen) atoms. The van der Waals surface area contributed by atoms with Gasteiger partial charge in [-0.25, -0.2) is 4.79 Å². The molecule has 0 aromatic rings. The third-order valence-electron chi connectivity index (χ3n) is 2.62. The summed E-state index contributed by atoms with van der Waals surface area (Å²) in [5.41, 5.74) is 0.0542. The largest absolute Gasteiger partial charge is 0.462 e. The van der Waals surface area contributed by atoms with Crippen LogP contribution in [0.25, 0.3) is 0 Å². The van der Waals surface area contributed by atoms with Gasteiger partial charge in [-0.1, -0.05) is 13.5 Å². The zero-order valence-electron chi connectivity index (χ0n) is 8.04. The number of esters is 1. The smallest absolute Gasteiger partial charge is 0.330 e. The Morgan fingerprint density at radius 2 is 2.54 bits per heavy atom. The van der Waals surface area contributed by atoms with Crippen molar-refractivity contribution in [1.29, 1.82) is 0 Å². The Balaban J connectivity index is 2.39. The molecular formula is C10H16O3. The number of carbonyl (C=O) groups excluding carboxylic acids is 1. The Morgan fingerprint density at radius 1 is 1.77 bits per heavy atom. The summed E-state index contributed by atoms with van der Waals surface area (Å²) in [6.45, 7) is 7.37. The molecule has 0 saturated carbocycles. The van der Waals surface area contributed by atoms with E-state index in [0.717, 1.165) is 19.4 Å². The van der Waals surface area contributed by atoms with Gasteiger partial charge in [-0.3, -0.25) is 0 Å². The highest BCUT2D eigenvalue weighted by Gasteiger charge is 2.34. The Kier molecular flexibility index (Phi) is 3.48. The van der Waals surface area contributed by atoms with Crippen molar-refractivity contribution in [3.63, 3.8) is 0 Å². The molecule has 1 heterocycles. The van der Waals surface area contributed by atoms with Gasteiger partial charge in [-0.15, -0.1) is 0 Å². The van der Waals surface area contributed by atoms with Crippen molar-refractivity contribution in [3.05, 3.63) is 12.7 Å². The molecule has 0 aromatic heterocycles. The predicted molar refractivity (Wildman–Crippen MR) is 49.3 cm³/mol. The molecule has 3 nitrogen and oxygen atoms in total. The lowest BCUT2D eigenvalue weighted by molar-refractivity contribution is -0.141. The highest BCUT2D eigenvalue weighted by molar-refractivity contribution is 5.81. The molecule has 1 unspecified atom stereocenters. The Hall–Kier alpha value is -0.830. The molecular weight excluding hydrogens is 168 g/mol. The molecule has 0 aromatic carbocycles. The van der Waals surface area contributed by atoms with E-state index in [9.17, 15) is 4.79 Å². The van der Waals surface area contributed by atoms with Gasteiger partial charge in [-0.05, 0) is 12.8 Å². The predicted octanol–water partition coefficient (Wildman–Crippen LogP) is 1.53. The molecule has 1 fully saturated rings. The number of ether oxygens (including phenoxy) is 2. The van der Waals surface area contributed by atoms with Gasteiger partial charge in [-0.2, -0.15) is 0 Å².